The molecule has 0 bridgehead atoms. The van der Waals surface area contributed by atoms with Gasteiger partial charge in [-0.2, -0.15) is 0 Å². The molecule has 1 heterocycles. The molecular formula is C12H18N2. The lowest BCUT2D eigenvalue weighted by molar-refractivity contribution is 0.722. The van der Waals surface area contributed by atoms with Gasteiger partial charge in [-0.25, -0.2) is 0 Å². The summed E-state index contributed by atoms with van der Waals surface area (Å²) in [6.45, 7) is 2.22. The number of hydrogen-bond acceptors (Lipinski definition) is 2. The molecule has 2 nitrogen and oxygen atoms in total. The van der Waals surface area contributed by atoms with Gasteiger partial charge in [0.25, 0.3) is 0 Å². The Labute approximate surface area is 85.7 Å². The van der Waals surface area contributed by atoms with Crippen LogP contribution in [0.1, 0.15) is 17.5 Å². The van der Waals surface area contributed by atoms with E-state index in [2.05, 4.69) is 28.8 Å². The number of hydrogen-bond donors (Lipinski definition) is 2. The highest BCUT2D eigenvalue weighted by molar-refractivity contribution is 5.58. The predicted octanol–water partition coefficient (Wildman–Crippen LogP) is 1.81. The van der Waals surface area contributed by atoms with Gasteiger partial charge in [-0.15, -0.1) is 0 Å². The third kappa shape index (κ3) is 1.90. The summed E-state index contributed by atoms with van der Waals surface area (Å²) < 4.78 is 0. The molecule has 0 saturated heterocycles. The van der Waals surface area contributed by atoms with Crippen molar-refractivity contribution in [3.05, 3.63) is 29.3 Å². The van der Waals surface area contributed by atoms with E-state index in [0.29, 0.717) is 0 Å². The largest absolute Gasteiger partial charge is 0.384 e. The summed E-state index contributed by atoms with van der Waals surface area (Å²) in [5, 5.41) is 6.61. The van der Waals surface area contributed by atoms with Gasteiger partial charge in [0.1, 0.15) is 0 Å². The maximum absolute atomic E-state index is 3.42. The molecule has 0 spiro atoms. The molecule has 0 unspecified atom stereocenters. The highest BCUT2D eigenvalue weighted by atomic mass is 14.9. The molecule has 1 aromatic rings. The minimum Gasteiger partial charge on any atom is -0.384 e. The first-order valence-electron chi connectivity index (χ1n) is 5.41. The second-order valence-electron chi connectivity index (χ2n) is 3.83. The maximum Gasteiger partial charge on any atom is 0.0376 e. The van der Waals surface area contributed by atoms with Crippen LogP contribution in [0.25, 0.3) is 0 Å². The monoisotopic (exact) mass is 190 g/mol. The van der Waals surface area contributed by atoms with Gasteiger partial charge < -0.3 is 10.6 Å². The molecule has 14 heavy (non-hydrogen) atoms. The minimum atomic E-state index is 1.11. The lowest BCUT2D eigenvalue weighted by Gasteiger charge is -2.07. The van der Waals surface area contributed by atoms with Crippen molar-refractivity contribution in [1.82, 2.24) is 5.32 Å². The van der Waals surface area contributed by atoms with Crippen molar-refractivity contribution in [3.63, 3.8) is 0 Å². The third-order valence-corrected chi connectivity index (χ3v) is 2.84. The number of fused-ring (bicyclic) bond motifs is 1. The highest BCUT2D eigenvalue weighted by Crippen LogP contribution is 2.25. The van der Waals surface area contributed by atoms with Crippen LogP contribution in [0.15, 0.2) is 18.2 Å². The normalized spacial score (nSPS) is 13.8. The molecule has 0 fully saturated rings. The van der Waals surface area contributed by atoms with E-state index in [0.717, 1.165) is 13.1 Å². The van der Waals surface area contributed by atoms with Crippen LogP contribution in [0.4, 0.5) is 5.69 Å². The molecule has 0 aliphatic carbocycles. The Hall–Kier alpha value is -1.02. The first kappa shape index (κ1) is 9.53. The van der Waals surface area contributed by atoms with Crippen molar-refractivity contribution in [1.29, 1.82) is 0 Å². The predicted molar refractivity (Wildman–Crippen MR) is 60.9 cm³/mol. The Bertz CT molecular complexity index is 307. The molecule has 2 heteroatoms. The van der Waals surface area contributed by atoms with E-state index in [4.69, 9.17) is 0 Å². The molecule has 0 saturated carbocycles. The Kier molecular flexibility index (Phi) is 3.04. The second-order valence-corrected chi connectivity index (χ2v) is 3.83. The summed E-state index contributed by atoms with van der Waals surface area (Å²) >= 11 is 0. The van der Waals surface area contributed by atoms with Gasteiger partial charge in [-0.05, 0) is 50.0 Å². The van der Waals surface area contributed by atoms with Crippen molar-refractivity contribution in [2.45, 2.75) is 19.3 Å². The smallest absolute Gasteiger partial charge is 0.0376 e. The van der Waals surface area contributed by atoms with Crippen LogP contribution in [-0.4, -0.2) is 20.1 Å². The first-order chi connectivity index (χ1) is 6.92. The molecular weight excluding hydrogens is 172 g/mol. The van der Waals surface area contributed by atoms with E-state index in [1.54, 1.807) is 5.56 Å². The molecule has 1 aliphatic heterocycles. The van der Waals surface area contributed by atoms with Crippen LogP contribution in [0.2, 0.25) is 0 Å². The molecule has 0 aromatic heterocycles. The van der Waals surface area contributed by atoms with E-state index in [9.17, 15) is 0 Å². The third-order valence-electron chi connectivity index (χ3n) is 2.84. The van der Waals surface area contributed by atoms with Crippen molar-refractivity contribution < 1.29 is 0 Å². The zero-order valence-corrected chi connectivity index (χ0v) is 8.77. The van der Waals surface area contributed by atoms with Crippen molar-refractivity contribution in [2.24, 2.45) is 0 Å². The standard InChI is InChI=1S/C12H18N2/c1-13-8-3-5-10-4-2-6-12-11(10)7-9-14-12/h2,4,6,13-14H,3,5,7-9H2,1H3. The SMILES string of the molecule is CNCCCc1cccc2c1CCN2. The minimum absolute atomic E-state index is 1.11. The zero-order valence-electron chi connectivity index (χ0n) is 8.77. The molecule has 0 radical (unpaired) electrons. The maximum atomic E-state index is 3.42. The summed E-state index contributed by atoms with van der Waals surface area (Å²) in [6.07, 6.45) is 3.63. The fourth-order valence-electron chi connectivity index (χ4n) is 2.11. The fourth-order valence-corrected chi connectivity index (χ4v) is 2.11. The number of benzene rings is 1. The van der Waals surface area contributed by atoms with Gasteiger partial charge in [0.15, 0.2) is 0 Å². The second kappa shape index (κ2) is 4.47. The summed E-state index contributed by atoms with van der Waals surface area (Å²) in [5.41, 5.74) is 4.43. The Morgan fingerprint density at radius 3 is 3.21 bits per heavy atom. The van der Waals surface area contributed by atoms with Crippen molar-refractivity contribution >= 4 is 5.69 Å². The van der Waals surface area contributed by atoms with E-state index in [1.807, 2.05) is 7.05 Å². The summed E-state index contributed by atoms with van der Waals surface area (Å²) in [5.74, 6) is 0. The Morgan fingerprint density at radius 2 is 2.36 bits per heavy atom. The van der Waals surface area contributed by atoms with E-state index in [-0.39, 0.29) is 0 Å². The lowest BCUT2D eigenvalue weighted by atomic mass is 10.0. The molecule has 76 valence electrons. The number of nitrogens with one attached hydrogen (secondary N) is 2. The van der Waals surface area contributed by atoms with Gasteiger partial charge in [0, 0.05) is 12.2 Å². The van der Waals surface area contributed by atoms with Crippen LogP contribution < -0.4 is 10.6 Å². The zero-order chi connectivity index (χ0) is 9.80. The van der Waals surface area contributed by atoms with Gasteiger partial charge >= 0.3 is 0 Å². The van der Waals surface area contributed by atoms with Crippen molar-refractivity contribution in [2.75, 3.05) is 25.5 Å². The average molecular weight is 190 g/mol. The van der Waals surface area contributed by atoms with E-state index < -0.39 is 0 Å². The van der Waals surface area contributed by atoms with Crippen LogP contribution in [0.3, 0.4) is 0 Å². The Morgan fingerprint density at radius 1 is 1.43 bits per heavy atom. The molecule has 0 amide bonds. The van der Waals surface area contributed by atoms with Gasteiger partial charge in [0.2, 0.25) is 0 Å². The molecule has 1 aliphatic rings. The lowest BCUT2D eigenvalue weighted by Crippen LogP contribution is -2.08. The van der Waals surface area contributed by atoms with Crippen LogP contribution >= 0.6 is 0 Å². The summed E-state index contributed by atoms with van der Waals surface area (Å²) in [4.78, 5) is 0. The van der Waals surface area contributed by atoms with Crippen molar-refractivity contribution in [3.8, 4) is 0 Å². The quantitative estimate of drug-likeness (QED) is 0.708. The topological polar surface area (TPSA) is 24.1 Å². The number of rotatable bonds is 4. The summed E-state index contributed by atoms with van der Waals surface area (Å²) in [7, 11) is 2.01. The average Bonchev–Trinajstić information content (AvgIpc) is 2.67. The van der Waals surface area contributed by atoms with Gasteiger partial charge in [-0.3, -0.25) is 0 Å². The molecule has 2 N–H and O–H groups in total. The molecule has 2 rings (SSSR count). The van der Waals surface area contributed by atoms with Gasteiger partial charge in [0.05, 0.1) is 0 Å². The fraction of sp³-hybridized carbons (Fsp3) is 0.500. The highest BCUT2D eigenvalue weighted by Gasteiger charge is 2.12. The molecule has 1 aromatic carbocycles. The van der Waals surface area contributed by atoms with Crippen LogP contribution in [0.5, 0.6) is 0 Å². The summed E-state index contributed by atoms with van der Waals surface area (Å²) in [6, 6.07) is 6.61. The first-order valence-corrected chi connectivity index (χ1v) is 5.41. The molecule has 0 atom stereocenters. The number of anilines is 1. The van der Waals surface area contributed by atoms with Crippen LogP contribution in [-0.2, 0) is 12.8 Å². The van der Waals surface area contributed by atoms with Gasteiger partial charge in [-0.1, -0.05) is 12.1 Å². The number of aryl methyl sites for hydroxylation is 1. The van der Waals surface area contributed by atoms with E-state index in [1.165, 1.54) is 30.5 Å². The Balaban J connectivity index is 2.06. The van der Waals surface area contributed by atoms with E-state index >= 15 is 0 Å². The van der Waals surface area contributed by atoms with Crippen LogP contribution in [0, 0.1) is 0 Å².